The Bertz CT molecular complexity index is 888. The lowest BCUT2D eigenvalue weighted by Gasteiger charge is -2.20. The predicted octanol–water partition coefficient (Wildman–Crippen LogP) is 6.16. The maximum atomic E-state index is 4.76. The summed E-state index contributed by atoms with van der Waals surface area (Å²) in [5.41, 5.74) is 4.83. The van der Waals surface area contributed by atoms with Crippen LogP contribution in [0.3, 0.4) is 0 Å². The van der Waals surface area contributed by atoms with Crippen molar-refractivity contribution in [1.29, 1.82) is 0 Å². The SMILES string of the molecule is CCN(CC)c1ccc(C=Cc2nc3ccc(N(CC)CC)cc3s2)cc1. The number of anilines is 2. The van der Waals surface area contributed by atoms with Gasteiger partial charge in [-0.1, -0.05) is 18.2 Å². The van der Waals surface area contributed by atoms with Gasteiger partial charge in [-0.05, 0) is 69.7 Å². The van der Waals surface area contributed by atoms with E-state index >= 15 is 0 Å². The first-order chi connectivity index (χ1) is 13.2. The van der Waals surface area contributed by atoms with Gasteiger partial charge < -0.3 is 9.80 Å². The molecule has 0 N–H and O–H groups in total. The summed E-state index contributed by atoms with van der Waals surface area (Å²) in [5, 5.41) is 1.05. The van der Waals surface area contributed by atoms with E-state index in [1.165, 1.54) is 21.6 Å². The zero-order valence-electron chi connectivity index (χ0n) is 16.8. The van der Waals surface area contributed by atoms with Gasteiger partial charge in [0.1, 0.15) is 5.01 Å². The molecule has 0 spiro atoms. The van der Waals surface area contributed by atoms with Gasteiger partial charge in [-0.15, -0.1) is 11.3 Å². The first-order valence-electron chi connectivity index (χ1n) is 9.87. The monoisotopic (exact) mass is 379 g/mol. The van der Waals surface area contributed by atoms with Crippen LogP contribution in [-0.2, 0) is 0 Å². The number of rotatable bonds is 8. The summed E-state index contributed by atoms with van der Waals surface area (Å²) in [7, 11) is 0. The highest BCUT2D eigenvalue weighted by Crippen LogP contribution is 2.28. The highest BCUT2D eigenvalue weighted by Gasteiger charge is 2.06. The van der Waals surface area contributed by atoms with Gasteiger partial charge in [0.25, 0.3) is 0 Å². The standard InChI is InChI=1S/C23H29N3S/c1-5-25(6-2)19-12-9-18(10-13-19)11-16-23-24-21-15-14-20(17-22(21)27-23)26(7-3)8-4/h9-17H,5-8H2,1-4H3. The topological polar surface area (TPSA) is 19.4 Å². The Balaban J connectivity index is 1.77. The molecule has 0 radical (unpaired) electrons. The van der Waals surface area contributed by atoms with Gasteiger partial charge >= 0.3 is 0 Å². The van der Waals surface area contributed by atoms with Crippen molar-refractivity contribution in [3.8, 4) is 0 Å². The highest BCUT2D eigenvalue weighted by molar-refractivity contribution is 7.19. The Hall–Kier alpha value is -2.33. The molecule has 3 nitrogen and oxygen atoms in total. The number of aromatic nitrogens is 1. The van der Waals surface area contributed by atoms with Crippen molar-refractivity contribution in [1.82, 2.24) is 4.98 Å². The third kappa shape index (κ3) is 4.51. The van der Waals surface area contributed by atoms with Crippen LogP contribution in [0.4, 0.5) is 11.4 Å². The third-order valence-electron chi connectivity index (χ3n) is 4.96. The molecule has 1 aromatic heterocycles. The van der Waals surface area contributed by atoms with Crippen molar-refractivity contribution in [3.05, 3.63) is 53.0 Å². The smallest absolute Gasteiger partial charge is 0.117 e. The molecule has 0 amide bonds. The fourth-order valence-electron chi connectivity index (χ4n) is 3.34. The van der Waals surface area contributed by atoms with E-state index in [4.69, 9.17) is 4.98 Å². The van der Waals surface area contributed by atoms with E-state index in [1.807, 2.05) is 0 Å². The second-order valence-electron chi connectivity index (χ2n) is 6.47. The van der Waals surface area contributed by atoms with E-state index in [1.54, 1.807) is 11.3 Å². The van der Waals surface area contributed by atoms with E-state index in [0.717, 1.165) is 36.7 Å². The molecule has 142 valence electrons. The van der Waals surface area contributed by atoms with Crippen molar-refractivity contribution in [2.45, 2.75) is 27.7 Å². The minimum absolute atomic E-state index is 1.02. The number of fused-ring (bicyclic) bond motifs is 1. The molecule has 27 heavy (non-hydrogen) atoms. The molecular weight excluding hydrogens is 350 g/mol. The summed E-state index contributed by atoms with van der Waals surface area (Å²) >= 11 is 1.75. The van der Waals surface area contributed by atoms with Crippen molar-refractivity contribution >= 4 is 45.1 Å². The molecular formula is C23H29N3S. The molecule has 0 unspecified atom stereocenters. The van der Waals surface area contributed by atoms with Crippen LogP contribution in [0.15, 0.2) is 42.5 Å². The maximum Gasteiger partial charge on any atom is 0.117 e. The van der Waals surface area contributed by atoms with Crippen molar-refractivity contribution < 1.29 is 0 Å². The lowest BCUT2D eigenvalue weighted by Crippen LogP contribution is -2.21. The van der Waals surface area contributed by atoms with E-state index in [2.05, 4.69) is 92.1 Å². The minimum Gasteiger partial charge on any atom is -0.372 e. The van der Waals surface area contributed by atoms with Gasteiger partial charge in [-0.3, -0.25) is 0 Å². The molecule has 4 heteroatoms. The van der Waals surface area contributed by atoms with Crippen molar-refractivity contribution in [2.24, 2.45) is 0 Å². The Morgan fingerprint density at radius 3 is 2.00 bits per heavy atom. The molecule has 0 saturated carbocycles. The van der Waals surface area contributed by atoms with Crippen LogP contribution in [0.2, 0.25) is 0 Å². The van der Waals surface area contributed by atoms with Crippen LogP contribution in [0.1, 0.15) is 38.3 Å². The molecule has 0 aliphatic rings. The van der Waals surface area contributed by atoms with Crippen LogP contribution >= 0.6 is 11.3 Å². The molecule has 1 heterocycles. The molecule has 0 atom stereocenters. The van der Waals surface area contributed by atoms with E-state index < -0.39 is 0 Å². The lowest BCUT2D eigenvalue weighted by atomic mass is 10.2. The molecule has 2 aromatic carbocycles. The summed E-state index contributed by atoms with van der Waals surface area (Å²) in [5.74, 6) is 0. The minimum atomic E-state index is 1.02. The second kappa shape index (κ2) is 9.05. The molecule has 0 aliphatic heterocycles. The molecule has 3 rings (SSSR count). The van der Waals surface area contributed by atoms with E-state index in [9.17, 15) is 0 Å². The molecule has 0 fully saturated rings. The largest absolute Gasteiger partial charge is 0.372 e. The van der Waals surface area contributed by atoms with Crippen LogP contribution < -0.4 is 9.80 Å². The van der Waals surface area contributed by atoms with Crippen LogP contribution in [0.5, 0.6) is 0 Å². The zero-order chi connectivity index (χ0) is 19.2. The third-order valence-corrected chi connectivity index (χ3v) is 5.94. The zero-order valence-corrected chi connectivity index (χ0v) is 17.6. The number of thiazole rings is 1. The summed E-state index contributed by atoms with van der Waals surface area (Å²) in [4.78, 5) is 9.48. The summed E-state index contributed by atoms with van der Waals surface area (Å²) < 4.78 is 1.25. The van der Waals surface area contributed by atoms with E-state index in [-0.39, 0.29) is 0 Å². The Morgan fingerprint density at radius 1 is 0.778 bits per heavy atom. The average Bonchev–Trinajstić information content (AvgIpc) is 3.11. The lowest BCUT2D eigenvalue weighted by molar-refractivity contribution is 0.866. The van der Waals surface area contributed by atoms with Gasteiger partial charge in [0, 0.05) is 37.6 Å². The normalized spacial score (nSPS) is 11.4. The maximum absolute atomic E-state index is 4.76. The van der Waals surface area contributed by atoms with Crippen molar-refractivity contribution in [3.63, 3.8) is 0 Å². The second-order valence-corrected chi connectivity index (χ2v) is 7.54. The fourth-order valence-corrected chi connectivity index (χ4v) is 4.24. The highest BCUT2D eigenvalue weighted by atomic mass is 32.1. The molecule has 0 aliphatic carbocycles. The summed E-state index contributed by atoms with van der Waals surface area (Å²) in [6.07, 6.45) is 4.27. The molecule has 0 bridgehead atoms. The van der Waals surface area contributed by atoms with Crippen LogP contribution in [0.25, 0.3) is 22.4 Å². The summed E-state index contributed by atoms with van der Waals surface area (Å²) in [6.45, 7) is 12.9. The Kier molecular flexibility index (Phi) is 6.51. The number of nitrogens with zero attached hydrogens (tertiary/aromatic N) is 3. The van der Waals surface area contributed by atoms with Gasteiger partial charge in [-0.2, -0.15) is 0 Å². The van der Waals surface area contributed by atoms with Gasteiger partial charge in [-0.25, -0.2) is 4.98 Å². The first-order valence-corrected chi connectivity index (χ1v) is 10.7. The Morgan fingerprint density at radius 2 is 1.37 bits per heavy atom. The summed E-state index contributed by atoms with van der Waals surface area (Å²) in [6, 6.07) is 15.3. The quantitative estimate of drug-likeness (QED) is 0.467. The molecule has 3 aromatic rings. The van der Waals surface area contributed by atoms with Gasteiger partial charge in [0.15, 0.2) is 0 Å². The van der Waals surface area contributed by atoms with Crippen molar-refractivity contribution in [2.75, 3.05) is 36.0 Å². The number of benzene rings is 2. The predicted molar refractivity (Wildman–Crippen MR) is 122 cm³/mol. The fraction of sp³-hybridized carbons (Fsp3) is 0.348. The van der Waals surface area contributed by atoms with E-state index in [0.29, 0.717) is 0 Å². The van der Waals surface area contributed by atoms with Crippen LogP contribution in [-0.4, -0.2) is 31.2 Å². The molecule has 0 saturated heterocycles. The number of hydrogen-bond donors (Lipinski definition) is 0. The number of hydrogen-bond acceptors (Lipinski definition) is 4. The van der Waals surface area contributed by atoms with Gasteiger partial charge in [0.05, 0.1) is 10.2 Å². The Labute approximate surface area is 167 Å². The van der Waals surface area contributed by atoms with Gasteiger partial charge in [0.2, 0.25) is 0 Å². The van der Waals surface area contributed by atoms with Crippen LogP contribution in [0, 0.1) is 0 Å². The first kappa shape index (κ1) is 19.4. The average molecular weight is 380 g/mol.